The van der Waals surface area contributed by atoms with Crippen LogP contribution in [0.25, 0.3) is 0 Å². The summed E-state index contributed by atoms with van der Waals surface area (Å²) in [5, 5.41) is 0. The third-order valence-electron chi connectivity index (χ3n) is 3.28. The van der Waals surface area contributed by atoms with E-state index in [4.69, 9.17) is 0 Å². The molecule has 0 atom stereocenters. The molecule has 1 aliphatic rings. The molecule has 3 heterocycles. The lowest BCUT2D eigenvalue weighted by Crippen LogP contribution is -2.34. The number of imidazole rings is 1. The summed E-state index contributed by atoms with van der Waals surface area (Å²) < 4.78 is 6.55. The van der Waals surface area contributed by atoms with Crippen LogP contribution in [0.5, 0.6) is 0 Å². The Morgan fingerprint density at radius 1 is 1.33 bits per heavy atom. The standard InChI is InChI=1S/C13H13N5O3/c1-21-12(20)9-4-14-13(15-5-9)18-3-2-17-6-10(8-19)16-11(17)7-18/h4-6,8H,2-3,7H2,1H3. The Hall–Kier alpha value is -2.77. The van der Waals surface area contributed by atoms with Crippen LogP contribution in [0, 0.1) is 0 Å². The Morgan fingerprint density at radius 3 is 2.76 bits per heavy atom. The molecule has 0 bridgehead atoms. The molecule has 0 aromatic carbocycles. The minimum atomic E-state index is -0.466. The van der Waals surface area contributed by atoms with E-state index < -0.39 is 5.97 Å². The van der Waals surface area contributed by atoms with Gasteiger partial charge in [-0.3, -0.25) is 4.79 Å². The number of aromatic nitrogens is 4. The second kappa shape index (κ2) is 5.31. The van der Waals surface area contributed by atoms with Crippen molar-refractivity contribution >= 4 is 18.2 Å². The van der Waals surface area contributed by atoms with E-state index in [2.05, 4.69) is 19.7 Å². The van der Waals surface area contributed by atoms with Crippen LogP contribution in [0.4, 0.5) is 5.95 Å². The molecule has 0 aliphatic carbocycles. The highest BCUT2D eigenvalue weighted by Gasteiger charge is 2.20. The molecule has 0 unspecified atom stereocenters. The Labute approximate surface area is 120 Å². The van der Waals surface area contributed by atoms with Crippen LogP contribution < -0.4 is 4.90 Å². The van der Waals surface area contributed by atoms with Gasteiger partial charge in [0.2, 0.25) is 5.95 Å². The molecule has 8 nitrogen and oxygen atoms in total. The van der Waals surface area contributed by atoms with Crippen LogP contribution in [0.1, 0.15) is 26.7 Å². The number of fused-ring (bicyclic) bond motifs is 1. The highest BCUT2D eigenvalue weighted by Crippen LogP contribution is 2.17. The number of methoxy groups -OCH3 is 1. The van der Waals surface area contributed by atoms with Crippen molar-refractivity contribution in [3.05, 3.63) is 35.7 Å². The zero-order chi connectivity index (χ0) is 14.8. The Kier molecular flexibility index (Phi) is 3.35. The van der Waals surface area contributed by atoms with E-state index in [1.165, 1.54) is 19.5 Å². The van der Waals surface area contributed by atoms with Gasteiger partial charge in [-0.2, -0.15) is 0 Å². The third kappa shape index (κ3) is 2.47. The topological polar surface area (TPSA) is 90.2 Å². The van der Waals surface area contributed by atoms with Crippen LogP contribution in [0.2, 0.25) is 0 Å². The molecule has 8 heteroatoms. The number of aldehydes is 1. The lowest BCUT2D eigenvalue weighted by molar-refractivity contribution is 0.0599. The Bertz CT molecular complexity index is 680. The predicted octanol–water partition coefficient (Wildman–Crippen LogP) is 0.292. The van der Waals surface area contributed by atoms with Crippen LogP contribution in [0.15, 0.2) is 18.6 Å². The largest absolute Gasteiger partial charge is 0.465 e. The first-order valence-electron chi connectivity index (χ1n) is 6.38. The summed E-state index contributed by atoms with van der Waals surface area (Å²) in [5.41, 5.74) is 0.733. The number of ether oxygens (including phenoxy) is 1. The number of hydrogen-bond acceptors (Lipinski definition) is 7. The number of nitrogens with zero attached hydrogens (tertiary/aromatic N) is 5. The molecule has 0 saturated heterocycles. The van der Waals surface area contributed by atoms with E-state index in [0.717, 1.165) is 12.1 Å². The van der Waals surface area contributed by atoms with Crippen molar-refractivity contribution in [3.63, 3.8) is 0 Å². The van der Waals surface area contributed by atoms with Gasteiger partial charge in [0.05, 0.1) is 19.2 Å². The van der Waals surface area contributed by atoms with Crippen LogP contribution in [-0.2, 0) is 17.8 Å². The average Bonchev–Trinajstić information content (AvgIpc) is 2.96. The minimum absolute atomic E-state index is 0.308. The third-order valence-corrected chi connectivity index (χ3v) is 3.28. The van der Waals surface area contributed by atoms with Gasteiger partial charge in [-0.1, -0.05) is 0 Å². The SMILES string of the molecule is COC(=O)c1cnc(N2CCn3cc(C=O)nc3C2)nc1. The molecule has 3 rings (SSSR count). The number of anilines is 1. The van der Waals surface area contributed by atoms with Gasteiger partial charge in [0.1, 0.15) is 11.5 Å². The smallest absolute Gasteiger partial charge is 0.341 e. The quantitative estimate of drug-likeness (QED) is 0.592. The fourth-order valence-corrected chi connectivity index (χ4v) is 2.21. The number of carbonyl (C=O) groups is 2. The Morgan fingerprint density at radius 2 is 2.10 bits per heavy atom. The molecular formula is C13H13N5O3. The van der Waals surface area contributed by atoms with E-state index >= 15 is 0 Å². The first-order chi connectivity index (χ1) is 10.2. The van der Waals surface area contributed by atoms with Crippen LogP contribution >= 0.6 is 0 Å². The van der Waals surface area contributed by atoms with Gasteiger partial charge >= 0.3 is 5.97 Å². The Balaban J connectivity index is 1.79. The van der Waals surface area contributed by atoms with Crippen molar-refractivity contribution in [1.82, 2.24) is 19.5 Å². The number of hydrogen-bond donors (Lipinski definition) is 0. The van der Waals surface area contributed by atoms with Gasteiger partial charge < -0.3 is 14.2 Å². The highest BCUT2D eigenvalue weighted by atomic mass is 16.5. The maximum Gasteiger partial charge on any atom is 0.341 e. The van der Waals surface area contributed by atoms with Crippen molar-refractivity contribution < 1.29 is 14.3 Å². The molecule has 2 aromatic heterocycles. The van der Waals surface area contributed by atoms with Crippen molar-refractivity contribution in [3.8, 4) is 0 Å². The summed E-state index contributed by atoms with van der Waals surface area (Å²) in [4.78, 5) is 36.6. The van der Waals surface area contributed by atoms with Gasteiger partial charge in [-0.25, -0.2) is 19.7 Å². The molecule has 0 fully saturated rings. The summed E-state index contributed by atoms with van der Waals surface area (Å²) >= 11 is 0. The van der Waals surface area contributed by atoms with Crippen molar-refractivity contribution in [2.24, 2.45) is 0 Å². The maximum atomic E-state index is 11.3. The normalized spacial score (nSPS) is 13.7. The molecule has 0 N–H and O–H groups in total. The molecule has 0 saturated carbocycles. The van der Waals surface area contributed by atoms with E-state index in [-0.39, 0.29) is 0 Å². The second-order valence-electron chi connectivity index (χ2n) is 4.58. The molecule has 0 spiro atoms. The first kappa shape index (κ1) is 13.2. The van der Waals surface area contributed by atoms with Gasteiger partial charge in [0.15, 0.2) is 6.29 Å². The average molecular weight is 287 g/mol. The number of rotatable bonds is 3. The fourth-order valence-electron chi connectivity index (χ4n) is 2.21. The summed E-state index contributed by atoms with van der Waals surface area (Å²) in [6.45, 7) is 1.93. The van der Waals surface area contributed by atoms with Crippen LogP contribution in [-0.4, -0.2) is 45.4 Å². The summed E-state index contributed by atoms with van der Waals surface area (Å²) in [6, 6.07) is 0. The van der Waals surface area contributed by atoms with E-state index in [9.17, 15) is 9.59 Å². The highest BCUT2D eigenvalue weighted by molar-refractivity contribution is 5.88. The first-order valence-corrected chi connectivity index (χ1v) is 6.38. The van der Waals surface area contributed by atoms with Gasteiger partial charge in [0.25, 0.3) is 0 Å². The van der Waals surface area contributed by atoms with Gasteiger partial charge in [-0.05, 0) is 0 Å². The predicted molar refractivity (Wildman–Crippen MR) is 72.0 cm³/mol. The fraction of sp³-hybridized carbons (Fsp3) is 0.308. The lowest BCUT2D eigenvalue weighted by Gasteiger charge is -2.27. The van der Waals surface area contributed by atoms with Gasteiger partial charge in [0, 0.05) is 31.7 Å². The summed E-state index contributed by atoms with van der Waals surface area (Å²) in [6.07, 6.45) is 5.34. The monoisotopic (exact) mass is 287 g/mol. The summed E-state index contributed by atoms with van der Waals surface area (Å²) in [5.74, 6) is 0.847. The van der Waals surface area contributed by atoms with Gasteiger partial charge in [-0.15, -0.1) is 0 Å². The number of carbonyl (C=O) groups excluding carboxylic acids is 2. The zero-order valence-corrected chi connectivity index (χ0v) is 11.4. The number of esters is 1. The molecule has 0 amide bonds. The van der Waals surface area contributed by atoms with Crippen molar-refractivity contribution in [2.45, 2.75) is 13.1 Å². The lowest BCUT2D eigenvalue weighted by atomic mass is 10.3. The second-order valence-corrected chi connectivity index (χ2v) is 4.58. The molecular weight excluding hydrogens is 274 g/mol. The maximum absolute atomic E-state index is 11.3. The minimum Gasteiger partial charge on any atom is -0.465 e. The van der Waals surface area contributed by atoms with E-state index in [1.807, 2.05) is 9.47 Å². The van der Waals surface area contributed by atoms with Crippen molar-refractivity contribution in [2.75, 3.05) is 18.6 Å². The van der Waals surface area contributed by atoms with Crippen LogP contribution in [0.3, 0.4) is 0 Å². The summed E-state index contributed by atoms with van der Waals surface area (Å²) in [7, 11) is 1.31. The van der Waals surface area contributed by atoms with E-state index in [1.54, 1.807) is 6.20 Å². The zero-order valence-electron chi connectivity index (χ0n) is 11.4. The molecule has 2 aromatic rings. The molecule has 1 aliphatic heterocycles. The van der Waals surface area contributed by atoms with E-state index in [0.29, 0.717) is 36.8 Å². The molecule has 108 valence electrons. The van der Waals surface area contributed by atoms with Crippen molar-refractivity contribution in [1.29, 1.82) is 0 Å². The molecule has 0 radical (unpaired) electrons. The molecule has 21 heavy (non-hydrogen) atoms.